The Morgan fingerprint density at radius 1 is 1.27 bits per heavy atom. The molecule has 3 rings (SSSR count). The molecule has 2 aliphatic rings. The molecular formula is C16H24N2O2S2. The van der Waals surface area contributed by atoms with Crippen LogP contribution < -0.4 is 5.32 Å². The summed E-state index contributed by atoms with van der Waals surface area (Å²) in [5.74, 6) is 1.55. The molecule has 0 aromatic carbocycles. The minimum Gasteiger partial charge on any atom is -0.380 e. The number of carbonyl (C=O) groups excluding carboxylic acids is 1. The maximum Gasteiger partial charge on any atom is 0.252 e. The summed E-state index contributed by atoms with van der Waals surface area (Å²) in [5.41, 5.74) is 0.176. The SMILES string of the molecule is O=C(NCCCc1nc2c(s1)CCCC2)C1(O)CCSCC1. The standard InChI is InChI=1S/C16H24N2O2S2/c19-15(16(20)7-10-21-11-8-16)17-9-3-6-14-18-12-4-1-2-5-13(12)22-14/h20H,1-11H2,(H,17,19). The number of fused-ring (bicyclic) bond motifs is 1. The Bertz CT molecular complexity index is 501. The Labute approximate surface area is 140 Å². The fourth-order valence-electron chi connectivity index (χ4n) is 3.05. The van der Waals surface area contributed by atoms with Crippen LogP contribution in [0.5, 0.6) is 0 Å². The summed E-state index contributed by atoms with van der Waals surface area (Å²) in [4.78, 5) is 18.3. The number of nitrogens with one attached hydrogen (secondary N) is 1. The van der Waals surface area contributed by atoms with E-state index in [0.717, 1.165) is 30.8 Å². The molecule has 1 aromatic rings. The molecule has 2 heterocycles. The van der Waals surface area contributed by atoms with Gasteiger partial charge in [-0.3, -0.25) is 4.79 Å². The van der Waals surface area contributed by atoms with Gasteiger partial charge in [-0.05, 0) is 56.5 Å². The van der Waals surface area contributed by atoms with E-state index in [0.29, 0.717) is 19.4 Å². The normalized spacial score (nSPS) is 20.4. The van der Waals surface area contributed by atoms with Gasteiger partial charge in [-0.15, -0.1) is 11.3 Å². The lowest BCUT2D eigenvalue weighted by molar-refractivity contribution is -0.140. The van der Waals surface area contributed by atoms with E-state index in [1.807, 2.05) is 11.3 Å². The summed E-state index contributed by atoms with van der Waals surface area (Å²) in [6.07, 6.45) is 7.84. The summed E-state index contributed by atoms with van der Waals surface area (Å²) >= 11 is 3.65. The summed E-state index contributed by atoms with van der Waals surface area (Å²) in [5, 5.41) is 14.4. The number of aryl methyl sites for hydroxylation is 3. The Morgan fingerprint density at radius 2 is 2.05 bits per heavy atom. The van der Waals surface area contributed by atoms with Crippen LogP contribution in [0.25, 0.3) is 0 Å². The fraction of sp³-hybridized carbons (Fsp3) is 0.750. The minimum absolute atomic E-state index is 0.189. The van der Waals surface area contributed by atoms with Crippen LogP contribution >= 0.6 is 23.1 Å². The molecule has 1 aromatic heterocycles. The van der Waals surface area contributed by atoms with E-state index in [-0.39, 0.29) is 5.91 Å². The Kier molecular flexibility index (Phi) is 5.42. The maximum atomic E-state index is 12.1. The van der Waals surface area contributed by atoms with Crippen molar-refractivity contribution in [3.63, 3.8) is 0 Å². The van der Waals surface area contributed by atoms with Gasteiger partial charge in [-0.2, -0.15) is 11.8 Å². The molecule has 0 bridgehead atoms. The average molecular weight is 341 g/mol. The number of rotatable bonds is 5. The summed E-state index contributed by atoms with van der Waals surface area (Å²) in [7, 11) is 0. The molecule has 1 amide bonds. The number of hydrogen-bond donors (Lipinski definition) is 2. The predicted molar refractivity (Wildman–Crippen MR) is 91.6 cm³/mol. The molecule has 0 unspecified atom stereocenters. The highest BCUT2D eigenvalue weighted by Gasteiger charge is 2.36. The third-order valence-corrected chi connectivity index (χ3v) is 6.69. The molecule has 22 heavy (non-hydrogen) atoms. The number of hydrogen-bond acceptors (Lipinski definition) is 5. The van der Waals surface area contributed by atoms with Gasteiger partial charge in [0.1, 0.15) is 5.60 Å². The van der Waals surface area contributed by atoms with Crippen LogP contribution in [-0.4, -0.2) is 39.6 Å². The van der Waals surface area contributed by atoms with Crippen LogP contribution in [0.15, 0.2) is 0 Å². The molecule has 1 saturated heterocycles. The Balaban J connectivity index is 1.41. The van der Waals surface area contributed by atoms with Crippen molar-refractivity contribution in [1.82, 2.24) is 10.3 Å². The Morgan fingerprint density at radius 3 is 2.82 bits per heavy atom. The number of aromatic nitrogens is 1. The van der Waals surface area contributed by atoms with Gasteiger partial charge < -0.3 is 10.4 Å². The second-order valence-electron chi connectivity index (χ2n) is 6.19. The molecule has 4 nitrogen and oxygen atoms in total. The van der Waals surface area contributed by atoms with E-state index in [2.05, 4.69) is 5.32 Å². The lowest BCUT2D eigenvalue weighted by atomic mass is 9.96. The van der Waals surface area contributed by atoms with Crippen molar-refractivity contribution >= 4 is 29.0 Å². The first-order valence-corrected chi connectivity index (χ1v) is 10.2. The van der Waals surface area contributed by atoms with Crippen LogP contribution in [0.3, 0.4) is 0 Å². The minimum atomic E-state index is -1.13. The second kappa shape index (κ2) is 7.32. The number of thioether (sulfide) groups is 1. The van der Waals surface area contributed by atoms with Gasteiger partial charge in [0.2, 0.25) is 0 Å². The zero-order valence-corrected chi connectivity index (χ0v) is 14.5. The zero-order chi connectivity index (χ0) is 15.4. The molecule has 1 aliphatic heterocycles. The smallest absolute Gasteiger partial charge is 0.252 e. The van der Waals surface area contributed by atoms with E-state index >= 15 is 0 Å². The van der Waals surface area contributed by atoms with Crippen LogP contribution in [0.2, 0.25) is 0 Å². The summed E-state index contributed by atoms with van der Waals surface area (Å²) in [6, 6.07) is 0. The van der Waals surface area contributed by atoms with E-state index in [1.165, 1.54) is 34.8 Å². The van der Waals surface area contributed by atoms with Crippen molar-refractivity contribution in [3.8, 4) is 0 Å². The topological polar surface area (TPSA) is 62.2 Å². The lowest BCUT2D eigenvalue weighted by Crippen LogP contribution is -2.49. The van der Waals surface area contributed by atoms with Crippen LogP contribution in [-0.2, 0) is 24.1 Å². The molecule has 122 valence electrons. The first kappa shape index (κ1) is 16.3. The van der Waals surface area contributed by atoms with Gasteiger partial charge in [0.05, 0.1) is 10.7 Å². The number of aliphatic hydroxyl groups is 1. The average Bonchev–Trinajstić information content (AvgIpc) is 2.95. The maximum absolute atomic E-state index is 12.1. The quantitative estimate of drug-likeness (QED) is 0.808. The van der Waals surface area contributed by atoms with Crippen molar-refractivity contribution in [2.24, 2.45) is 0 Å². The second-order valence-corrected chi connectivity index (χ2v) is 8.58. The number of amides is 1. The first-order valence-electron chi connectivity index (χ1n) is 8.23. The van der Waals surface area contributed by atoms with Crippen molar-refractivity contribution in [2.75, 3.05) is 18.1 Å². The first-order chi connectivity index (χ1) is 10.7. The summed E-state index contributed by atoms with van der Waals surface area (Å²) in [6.45, 7) is 0.624. The van der Waals surface area contributed by atoms with Gasteiger partial charge in [-0.1, -0.05) is 0 Å². The van der Waals surface area contributed by atoms with Crippen molar-refractivity contribution in [2.45, 2.75) is 57.0 Å². The van der Waals surface area contributed by atoms with E-state index in [4.69, 9.17) is 4.98 Å². The number of carbonyl (C=O) groups is 1. The van der Waals surface area contributed by atoms with Gasteiger partial charge >= 0.3 is 0 Å². The van der Waals surface area contributed by atoms with Gasteiger partial charge in [-0.25, -0.2) is 4.98 Å². The molecule has 0 saturated carbocycles. The zero-order valence-electron chi connectivity index (χ0n) is 12.9. The van der Waals surface area contributed by atoms with Gasteiger partial charge in [0.15, 0.2) is 0 Å². The fourth-order valence-corrected chi connectivity index (χ4v) is 5.42. The monoisotopic (exact) mass is 340 g/mol. The molecular weight excluding hydrogens is 316 g/mol. The highest BCUT2D eigenvalue weighted by molar-refractivity contribution is 7.99. The highest BCUT2D eigenvalue weighted by Crippen LogP contribution is 2.28. The van der Waals surface area contributed by atoms with Crippen LogP contribution in [0, 0.1) is 0 Å². The number of thiazole rings is 1. The van der Waals surface area contributed by atoms with Crippen LogP contribution in [0.1, 0.15) is 47.7 Å². The molecule has 6 heteroatoms. The molecule has 0 radical (unpaired) electrons. The third kappa shape index (κ3) is 3.84. The van der Waals surface area contributed by atoms with Gasteiger partial charge in [0, 0.05) is 17.8 Å². The van der Waals surface area contributed by atoms with Crippen molar-refractivity contribution < 1.29 is 9.90 Å². The van der Waals surface area contributed by atoms with Crippen molar-refractivity contribution in [3.05, 3.63) is 15.6 Å². The molecule has 0 atom stereocenters. The molecule has 1 fully saturated rings. The van der Waals surface area contributed by atoms with E-state index in [1.54, 1.807) is 11.8 Å². The predicted octanol–water partition coefficient (Wildman–Crippen LogP) is 2.33. The molecule has 2 N–H and O–H groups in total. The van der Waals surface area contributed by atoms with E-state index < -0.39 is 5.60 Å². The third-order valence-electron chi connectivity index (χ3n) is 4.49. The van der Waals surface area contributed by atoms with Gasteiger partial charge in [0.25, 0.3) is 5.91 Å². The van der Waals surface area contributed by atoms with Crippen LogP contribution in [0.4, 0.5) is 0 Å². The number of nitrogens with zero attached hydrogens (tertiary/aromatic N) is 1. The highest BCUT2D eigenvalue weighted by atomic mass is 32.2. The molecule has 0 spiro atoms. The lowest BCUT2D eigenvalue weighted by Gasteiger charge is -2.30. The molecule has 1 aliphatic carbocycles. The van der Waals surface area contributed by atoms with Crippen molar-refractivity contribution in [1.29, 1.82) is 0 Å². The summed E-state index contributed by atoms with van der Waals surface area (Å²) < 4.78 is 0. The largest absolute Gasteiger partial charge is 0.380 e. The van der Waals surface area contributed by atoms with E-state index in [9.17, 15) is 9.90 Å². The Hall–Kier alpha value is -0.590.